The minimum absolute atomic E-state index is 0.158. The number of hydrogen-bond donors (Lipinski definition) is 4. The maximum absolute atomic E-state index is 10.0. The zero-order valence-corrected chi connectivity index (χ0v) is 8.56. The third-order valence-electron chi connectivity index (χ3n) is 2.96. The van der Waals surface area contributed by atoms with E-state index < -0.39 is 23.9 Å². The predicted octanol–water partition coefficient (Wildman–Crippen LogP) is -0.216. The molecule has 0 amide bonds. The second-order valence-corrected chi connectivity index (χ2v) is 4.36. The van der Waals surface area contributed by atoms with Crippen molar-refractivity contribution in [3.63, 3.8) is 0 Å². The van der Waals surface area contributed by atoms with Gasteiger partial charge in [0.25, 0.3) is 0 Å². The summed E-state index contributed by atoms with van der Waals surface area (Å²) in [5.74, 6) is 0. The monoisotopic (exact) mass is 204 g/mol. The van der Waals surface area contributed by atoms with Crippen molar-refractivity contribution in [2.75, 3.05) is 0 Å². The van der Waals surface area contributed by atoms with Gasteiger partial charge in [-0.1, -0.05) is 19.8 Å². The third kappa shape index (κ3) is 2.67. The topological polar surface area (TPSA) is 80.9 Å². The molecule has 0 aliphatic heterocycles. The van der Waals surface area contributed by atoms with E-state index in [0.717, 1.165) is 12.8 Å². The highest BCUT2D eigenvalue weighted by atomic mass is 16.4. The fourth-order valence-corrected chi connectivity index (χ4v) is 2.07. The van der Waals surface area contributed by atoms with Gasteiger partial charge in [-0.25, -0.2) is 0 Å². The van der Waals surface area contributed by atoms with Gasteiger partial charge in [-0.3, -0.25) is 0 Å². The average molecular weight is 204 g/mol. The molecule has 2 atom stereocenters. The summed E-state index contributed by atoms with van der Waals surface area (Å²) < 4.78 is 0. The molecule has 4 heteroatoms. The normalized spacial score (nSPS) is 43.9. The van der Waals surface area contributed by atoms with Crippen molar-refractivity contribution >= 4 is 0 Å². The second-order valence-electron chi connectivity index (χ2n) is 4.36. The van der Waals surface area contributed by atoms with Gasteiger partial charge in [0.05, 0.1) is 17.8 Å². The minimum atomic E-state index is -1.11. The van der Waals surface area contributed by atoms with Crippen LogP contribution in [0.25, 0.3) is 0 Å². The summed E-state index contributed by atoms with van der Waals surface area (Å²) in [5, 5.41) is 38.1. The quantitative estimate of drug-likeness (QED) is 0.512. The lowest BCUT2D eigenvalue weighted by Crippen LogP contribution is -2.52. The number of hydrogen-bond acceptors (Lipinski definition) is 4. The summed E-state index contributed by atoms with van der Waals surface area (Å²) in [4.78, 5) is 0. The van der Waals surface area contributed by atoms with Crippen LogP contribution in [-0.2, 0) is 0 Å². The van der Waals surface area contributed by atoms with Crippen LogP contribution in [-0.4, -0.2) is 44.3 Å². The average Bonchev–Trinajstić information content (AvgIpc) is 2.11. The fraction of sp³-hybridized carbons (Fsp3) is 1.00. The van der Waals surface area contributed by atoms with E-state index in [9.17, 15) is 20.4 Å². The van der Waals surface area contributed by atoms with Crippen LogP contribution in [0, 0.1) is 0 Å². The molecule has 0 heterocycles. The van der Waals surface area contributed by atoms with E-state index in [1.165, 1.54) is 0 Å². The molecule has 1 aliphatic rings. The van der Waals surface area contributed by atoms with Crippen LogP contribution >= 0.6 is 0 Å². The third-order valence-corrected chi connectivity index (χ3v) is 2.96. The maximum Gasteiger partial charge on any atom is 0.106 e. The lowest BCUT2D eigenvalue weighted by Gasteiger charge is -2.40. The highest BCUT2D eigenvalue weighted by Gasteiger charge is 2.42. The van der Waals surface area contributed by atoms with Crippen LogP contribution in [0.2, 0.25) is 0 Å². The minimum Gasteiger partial charge on any atom is -0.390 e. The van der Waals surface area contributed by atoms with Gasteiger partial charge < -0.3 is 20.4 Å². The van der Waals surface area contributed by atoms with Crippen molar-refractivity contribution < 1.29 is 20.4 Å². The van der Waals surface area contributed by atoms with E-state index in [-0.39, 0.29) is 12.8 Å². The van der Waals surface area contributed by atoms with Gasteiger partial charge in [0, 0.05) is 12.8 Å². The summed E-state index contributed by atoms with van der Waals surface area (Å²) in [7, 11) is 0. The Morgan fingerprint density at radius 1 is 1.14 bits per heavy atom. The Balaban J connectivity index is 2.54. The molecule has 0 spiro atoms. The molecule has 14 heavy (non-hydrogen) atoms. The highest BCUT2D eigenvalue weighted by Crippen LogP contribution is 2.32. The fourth-order valence-electron chi connectivity index (χ4n) is 2.07. The molecule has 0 aromatic heterocycles. The Morgan fingerprint density at radius 3 is 2.07 bits per heavy atom. The Labute approximate surface area is 84.2 Å². The Bertz CT molecular complexity index is 171. The molecule has 4 N–H and O–H groups in total. The Morgan fingerprint density at radius 2 is 1.64 bits per heavy atom. The summed E-state index contributed by atoms with van der Waals surface area (Å²) in [6.07, 6.45) is -0.415. The van der Waals surface area contributed by atoms with Crippen molar-refractivity contribution in [3.8, 4) is 0 Å². The summed E-state index contributed by atoms with van der Waals surface area (Å²) in [6, 6.07) is 0. The van der Waals surface area contributed by atoms with Crippen LogP contribution in [0.5, 0.6) is 0 Å². The standard InChI is InChI=1S/C10H20O4/c1-2-3-4-10(14)5-7(11)9(13)8(12)6-10/h7-9,11-14H,2-6H2,1H3. The molecule has 0 bridgehead atoms. The van der Waals surface area contributed by atoms with Crippen LogP contribution in [0.3, 0.4) is 0 Å². The molecule has 4 nitrogen and oxygen atoms in total. The van der Waals surface area contributed by atoms with E-state index in [1.807, 2.05) is 6.92 Å². The van der Waals surface area contributed by atoms with E-state index in [2.05, 4.69) is 0 Å². The van der Waals surface area contributed by atoms with Gasteiger partial charge in [0.1, 0.15) is 6.10 Å². The van der Waals surface area contributed by atoms with Crippen LogP contribution in [0.4, 0.5) is 0 Å². The Hall–Kier alpha value is -0.160. The molecule has 1 saturated carbocycles. The van der Waals surface area contributed by atoms with Gasteiger partial charge in [0.2, 0.25) is 0 Å². The molecule has 1 rings (SSSR count). The zero-order valence-electron chi connectivity index (χ0n) is 8.56. The van der Waals surface area contributed by atoms with Gasteiger partial charge in [0.15, 0.2) is 0 Å². The first kappa shape index (κ1) is 11.9. The predicted molar refractivity (Wildman–Crippen MR) is 51.7 cm³/mol. The molecule has 0 saturated heterocycles. The number of rotatable bonds is 3. The first-order valence-corrected chi connectivity index (χ1v) is 5.25. The smallest absolute Gasteiger partial charge is 0.106 e. The largest absolute Gasteiger partial charge is 0.390 e. The van der Waals surface area contributed by atoms with Gasteiger partial charge >= 0.3 is 0 Å². The summed E-state index contributed by atoms with van der Waals surface area (Å²) in [6.45, 7) is 2.02. The maximum atomic E-state index is 10.0. The number of unbranched alkanes of at least 4 members (excludes halogenated alkanes) is 1. The van der Waals surface area contributed by atoms with Crippen molar-refractivity contribution in [1.82, 2.24) is 0 Å². The van der Waals surface area contributed by atoms with Gasteiger partial charge in [-0.15, -0.1) is 0 Å². The van der Waals surface area contributed by atoms with E-state index in [0.29, 0.717) is 6.42 Å². The molecular weight excluding hydrogens is 184 g/mol. The van der Waals surface area contributed by atoms with Crippen LogP contribution < -0.4 is 0 Å². The van der Waals surface area contributed by atoms with E-state index in [4.69, 9.17) is 0 Å². The second kappa shape index (κ2) is 4.57. The van der Waals surface area contributed by atoms with Gasteiger partial charge in [-0.05, 0) is 6.42 Å². The van der Waals surface area contributed by atoms with E-state index >= 15 is 0 Å². The van der Waals surface area contributed by atoms with Crippen molar-refractivity contribution in [2.45, 2.75) is 62.9 Å². The van der Waals surface area contributed by atoms with Crippen LogP contribution in [0.1, 0.15) is 39.0 Å². The molecule has 2 unspecified atom stereocenters. The lowest BCUT2D eigenvalue weighted by atomic mass is 9.77. The molecule has 0 radical (unpaired) electrons. The highest BCUT2D eigenvalue weighted by molar-refractivity contribution is 4.95. The molecule has 0 aromatic carbocycles. The number of aliphatic hydroxyl groups is 4. The zero-order chi connectivity index (χ0) is 10.8. The first-order chi connectivity index (χ1) is 6.48. The lowest BCUT2D eigenvalue weighted by molar-refractivity contribution is -0.156. The molecule has 1 fully saturated rings. The molecule has 0 aromatic rings. The Kier molecular flexibility index (Phi) is 3.89. The SMILES string of the molecule is CCCCC1(O)CC(O)C(O)C(O)C1. The van der Waals surface area contributed by atoms with Crippen molar-refractivity contribution in [3.05, 3.63) is 0 Å². The molecule has 84 valence electrons. The number of aliphatic hydroxyl groups excluding tert-OH is 3. The van der Waals surface area contributed by atoms with E-state index in [1.54, 1.807) is 0 Å². The molecular formula is C10H20O4. The van der Waals surface area contributed by atoms with Gasteiger partial charge in [-0.2, -0.15) is 0 Å². The summed E-state index contributed by atoms with van der Waals surface area (Å²) >= 11 is 0. The van der Waals surface area contributed by atoms with Crippen molar-refractivity contribution in [2.24, 2.45) is 0 Å². The van der Waals surface area contributed by atoms with Crippen LogP contribution in [0.15, 0.2) is 0 Å². The first-order valence-electron chi connectivity index (χ1n) is 5.25. The van der Waals surface area contributed by atoms with Crippen molar-refractivity contribution in [1.29, 1.82) is 0 Å². The molecule has 1 aliphatic carbocycles. The summed E-state index contributed by atoms with van der Waals surface area (Å²) in [5.41, 5.74) is -1.01.